The Balaban J connectivity index is 2.45. The molecule has 1 atom stereocenters. The van der Waals surface area contributed by atoms with Crippen molar-refractivity contribution in [3.8, 4) is 0 Å². The third kappa shape index (κ3) is 3.39. The van der Waals surface area contributed by atoms with Crippen LogP contribution in [0.2, 0.25) is 0 Å². The van der Waals surface area contributed by atoms with Crippen molar-refractivity contribution in [3.05, 3.63) is 69.7 Å². The minimum Gasteiger partial charge on any atom is -0.166 e. The van der Waals surface area contributed by atoms with E-state index in [9.17, 15) is 13.2 Å². The van der Waals surface area contributed by atoms with Gasteiger partial charge < -0.3 is 0 Å². The lowest BCUT2D eigenvalue weighted by molar-refractivity contribution is -0.137. The second kappa shape index (κ2) is 5.67. The number of hydrogen-bond donors (Lipinski definition) is 0. The summed E-state index contributed by atoms with van der Waals surface area (Å²) in [5, 5.41) is 0. The molecule has 0 amide bonds. The molecule has 2 rings (SSSR count). The molecular weight excluding hydrogens is 385 g/mol. The molecule has 0 bridgehead atoms. The Bertz CT molecular complexity index is 565. The van der Waals surface area contributed by atoms with Crippen molar-refractivity contribution in [1.82, 2.24) is 0 Å². The van der Waals surface area contributed by atoms with E-state index in [0.717, 1.165) is 17.7 Å². The summed E-state index contributed by atoms with van der Waals surface area (Å²) in [5.41, 5.74) is 0.814. The van der Waals surface area contributed by atoms with Gasteiger partial charge in [-0.1, -0.05) is 62.2 Å². The molecule has 0 spiro atoms. The van der Waals surface area contributed by atoms with Gasteiger partial charge >= 0.3 is 6.18 Å². The summed E-state index contributed by atoms with van der Waals surface area (Å²) in [4.78, 5) is -0.287. The van der Waals surface area contributed by atoms with Crippen molar-refractivity contribution in [2.24, 2.45) is 0 Å². The highest BCUT2D eigenvalue weighted by Crippen LogP contribution is 2.39. The van der Waals surface area contributed by atoms with Gasteiger partial charge in [-0.05, 0) is 29.3 Å². The summed E-state index contributed by atoms with van der Waals surface area (Å²) < 4.78 is 38.8. The Labute approximate surface area is 125 Å². The average molecular weight is 394 g/mol. The summed E-state index contributed by atoms with van der Waals surface area (Å²) in [6.07, 6.45) is -4.33. The maximum atomic E-state index is 12.7. The normalized spacial score (nSPS) is 13.3. The van der Waals surface area contributed by atoms with Crippen LogP contribution in [0.25, 0.3) is 0 Å². The van der Waals surface area contributed by atoms with E-state index < -0.39 is 11.7 Å². The SMILES string of the molecule is FC(F)(F)c1ccc(Br)c(C(Br)c2ccccc2)c1. The number of alkyl halides is 4. The number of benzene rings is 2. The molecule has 0 aliphatic heterocycles. The molecule has 100 valence electrons. The van der Waals surface area contributed by atoms with E-state index in [1.165, 1.54) is 6.07 Å². The van der Waals surface area contributed by atoms with Crippen molar-refractivity contribution in [2.45, 2.75) is 11.0 Å². The molecule has 0 nitrogen and oxygen atoms in total. The molecular formula is C14H9Br2F3. The van der Waals surface area contributed by atoms with Crippen LogP contribution in [0.3, 0.4) is 0 Å². The van der Waals surface area contributed by atoms with Gasteiger partial charge in [0.15, 0.2) is 0 Å². The van der Waals surface area contributed by atoms with E-state index >= 15 is 0 Å². The van der Waals surface area contributed by atoms with Gasteiger partial charge in [0.05, 0.1) is 10.4 Å². The maximum absolute atomic E-state index is 12.7. The van der Waals surface area contributed by atoms with Crippen LogP contribution in [0.4, 0.5) is 13.2 Å². The smallest absolute Gasteiger partial charge is 0.166 e. The molecule has 0 heterocycles. The molecule has 19 heavy (non-hydrogen) atoms. The Morgan fingerprint density at radius 2 is 1.58 bits per heavy atom. The van der Waals surface area contributed by atoms with Gasteiger partial charge in [0.2, 0.25) is 0 Å². The lowest BCUT2D eigenvalue weighted by Gasteiger charge is -2.15. The summed E-state index contributed by atoms with van der Waals surface area (Å²) in [5.74, 6) is 0. The Hall–Kier alpha value is -0.810. The molecule has 0 saturated carbocycles. The number of hydrogen-bond acceptors (Lipinski definition) is 0. The monoisotopic (exact) mass is 392 g/mol. The van der Waals surface area contributed by atoms with Crippen molar-refractivity contribution in [2.75, 3.05) is 0 Å². The molecule has 0 fully saturated rings. The van der Waals surface area contributed by atoms with E-state index in [-0.39, 0.29) is 4.83 Å². The molecule has 0 saturated heterocycles. The van der Waals surface area contributed by atoms with Crippen molar-refractivity contribution >= 4 is 31.9 Å². The first-order valence-corrected chi connectivity index (χ1v) is 7.16. The van der Waals surface area contributed by atoms with E-state index in [0.29, 0.717) is 10.0 Å². The molecule has 0 aliphatic rings. The first-order valence-electron chi connectivity index (χ1n) is 5.45. The lowest BCUT2D eigenvalue weighted by atomic mass is 10.0. The highest BCUT2D eigenvalue weighted by Gasteiger charge is 2.31. The second-order valence-electron chi connectivity index (χ2n) is 4.01. The summed E-state index contributed by atoms with van der Waals surface area (Å²) in [6, 6.07) is 13.0. The molecule has 0 aromatic heterocycles. The average Bonchev–Trinajstić information content (AvgIpc) is 2.38. The van der Waals surface area contributed by atoms with Crippen LogP contribution < -0.4 is 0 Å². The van der Waals surface area contributed by atoms with Crippen molar-refractivity contribution in [3.63, 3.8) is 0 Å². The zero-order valence-corrected chi connectivity index (χ0v) is 12.8. The van der Waals surface area contributed by atoms with Crippen LogP contribution in [0.5, 0.6) is 0 Å². The van der Waals surface area contributed by atoms with Crippen LogP contribution in [-0.2, 0) is 6.18 Å². The highest BCUT2D eigenvalue weighted by atomic mass is 79.9. The first-order chi connectivity index (χ1) is 8.89. The van der Waals surface area contributed by atoms with Gasteiger partial charge in [0.1, 0.15) is 0 Å². The fraction of sp³-hybridized carbons (Fsp3) is 0.143. The standard InChI is InChI=1S/C14H9Br2F3/c15-12-7-6-10(14(17,18)19)8-11(12)13(16)9-4-2-1-3-5-9/h1-8,13H. The molecule has 2 aromatic carbocycles. The fourth-order valence-corrected chi connectivity index (χ4v) is 3.18. The minimum atomic E-state index is -4.33. The van der Waals surface area contributed by atoms with E-state index in [4.69, 9.17) is 0 Å². The van der Waals surface area contributed by atoms with Crippen LogP contribution in [0.15, 0.2) is 53.0 Å². The predicted octanol–water partition coefficient (Wildman–Crippen LogP) is 5.95. The molecule has 0 radical (unpaired) electrons. The molecule has 0 N–H and O–H groups in total. The summed E-state index contributed by atoms with van der Waals surface area (Å²) in [7, 11) is 0. The summed E-state index contributed by atoms with van der Waals surface area (Å²) >= 11 is 6.75. The Morgan fingerprint density at radius 1 is 0.947 bits per heavy atom. The topological polar surface area (TPSA) is 0 Å². The third-order valence-electron chi connectivity index (χ3n) is 2.69. The van der Waals surface area contributed by atoms with Crippen LogP contribution in [0.1, 0.15) is 21.5 Å². The zero-order chi connectivity index (χ0) is 14.0. The van der Waals surface area contributed by atoms with Crippen LogP contribution >= 0.6 is 31.9 Å². The van der Waals surface area contributed by atoms with E-state index in [1.54, 1.807) is 0 Å². The van der Waals surface area contributed by atoms with Gasteiger partial charge in [-0.15, -0.1) is 0 Å². The number of halogens is 5. The van der Waals surface area contributed by atoms with E-state index in [1.807, 2.05) is 30.3 Å². The maximum Gasteiger partial charge on any atom is 0.416 e. The largest absolute Gasteiger partial charge is 0.416 e. The summed E-state index contributed by atoms with van der Waals surface area (Å²) in [6.45, 7) is 0. The lowest BCUT2D eigenvalue weighted by Crippen LogP contribution is -2.06. The van der Waals surface area contributed by atoms with Crippen molar-refractivity contribution in [1.29, 1.82) is 0 Å². The minimum absolute atomic E-state index is 0.287. The van der Waals surface area contributed by atoms with Gasteiger partial charge in [-0.2, -0.15) is 13.2 Å². The Kier molecular flexibility index (Phi) is 4.36. The zero-order valence-electron chi connectivity index (χ0n) is 9.59. The molecule has 2 aromatic rings. The molecule has 0 aliphatic carbocycles. The van der Waals surface area contributed by atoms with Crippen LogP contribution in [-0.4, -0.2) is 0 Å². The van der Waals surface area contributed by atoms with Crippen molar-refractivity contribution < 1.29 is 13.2 Å². The Morgan fingerprint density at radius 3 is 2.16 bits per heavy atom. The molecule has 5 heteroatoms. The molecule has 1 unspecified atom stereocenters. The number of rotatable bonds is 2. The van der Waals surface area contributed by atoms with Crippen LogP contribution in [0, 0.1) is 0 Å². The van der Waals surface area contributed by atoms with Gasteiger partial charge in [0.25, 0.3) is 0 Å². The second-order valence-corrected chi connectivity index (χ2v) is 5.78. The fourth-order valence-electron chi connectivity index (χ4n) is 1.72. The third-order valence-corrected chi connectivity index (χ3v) is 4.43. The van der Waals surface area contributed by atoms with E-state index in [2.05, 4.69) is 31.9 Å². The van der Waals surface area contributed by atoms with Gasteiger partial charge in [-0.25, -0.2) is 0 Å². The quantitative estimate of drug-likeness (QED) is 0.553. The van der Waals surface area contributed by atoms with Gasteiger partial charge in [-0.3, -0.25) is 0 Å². The predicted molar refractivity (Wildman–Crippen MR) is 76.4 cm³/mol. The first kappa shape index (κ1) is 14.6. The van der Waals surface area contributed by atoms with Gasteiger partial charge in [0, 0.05) is 4.47 Å². The highest BCUT2D eigenvalue weighted by molar-refractivity contribution is 9.11.